The average Bonchev–Trinajstić information content (AvgIpc) is 2.62. The first kappa shape index (κ1) is 15.7. The fourth-order valence-corrected chi connectivity index (χ4v) is 1.75. The molecule has 6 nitrogen and oxygen atoms in total. The van der Waals surface area contributed by atoms with Gasteiger partial charge in [-0.25, -0.2) is 9.59 Å². The number of aliphatic hydroxyl groups is 1. The Morgan fingerprint density at radius 1 is 1.10 bits per heavy atom. The molecule has 0 aliphatic carbocycles. The van der Waals surface area contributed by atoms with Crippen LogP contribution in [0, 0.1) is 0 Å². The standard InChI is InChI=1S/C14H17BO6/c1-13(2,18)14(3,4)21-15(19)8-5-6-9-10(7-8)12(17)20-11(9)16/h5-7,18-19H,1-4H3. The van der Waals surface area contributed by atoms with E-state index in [2.05, 4.69) is 4.74 Å². The van der Waals surface area contributed by atoms with Crippen molar-refractivity contribution >= 4 is 24.5 Å². The van der Waals surface area contributed by atoms with Crippen molar-refractivity contribution in [1.82, 2.24) is 0 Å². The molecule has 1 aliphatic heterocycles. The van der Waals surface area contributed by atoms with Gasteiger partial charge in [-0.15, -0.1) is 0 Å². The lowest BCUT2D eigenvalue weighted by molar-refractivity contribution is -0.0982. The highest BCUT2D eigenvalue weighted by atomic mass is 16.6. The van der Waals surface area contributed by atoms with Crippen LogP contribution < -0.4 is 5.46 Å². The van der Waals surface area contributed by atoms with E-state index in [1.807, 2.05) is 0 Å². The molecule has 0 saturated carbocycles. The van der Waals surface area contributed by atoms with Crippen molar-refractivity contribution in [3.05, 3.63) is 29.3 Å². The van der Waals surface area contributed by atoms with Crippen LogP contribution >= 0.6 is 0 Å². The van der Waals surface area contributed by atoms with Crippen molar-refractivity contribution < 1.29 is 29.1 Å². The second-order valence-electron chi connectivity index (χ2n) is 6.02. The number of carbonyl (C=O) groups excluding carboxylic acids is 2. The Balaban J connectivity index is 2.26. The quantitative estimate of drug-likeness (QED) is 0.469. The van der Waals surface area contributed by atoms with Crippen LogP contribution in [0.4, 0.5) is 0 Å². The van der Waals surface area contributed by atoms with Gasteiger partial charge in [-0.2, -0.15) is 0 Å². The minimum atomic E-state index is -1.35. The summed E-state index contributed by atoms with van der Waals surface area (Å²) in [4.78, 5) is 22.8. The topological polar surface area (TPSA) is 93.1 Å². The molecule has 1 aromatic carbocycles. The summed E-state index contributed by atoms with van der Waals surface area (Å²) in [5, 5.41) is 20.2. The molecule has 0 saturated heterocycles. The molecule has 0 aromatic heterocycles. The number of ether oxygens (including phenoxy) is 1. The molecule has 1 aromatic rings. The van der Waals surface area contributed by atoms with Crippen LogP contribution in [-0.4, -0.2) is 40.4 Å². The number of hydrogen-bond acceptors (Lipinski definition) is 6. The highest BCUT2D eigenvalue weighted by Gasteiger charge is 2.40. The van der Waals surface area contributed by atoms with Crippen molar-refractivity contribution in [3.63, 3.8) is 0 Å². The molecule has 1 heterocycles. The number of benzene rings is 1. The zero-order valence-corrected chi connectivity index (χ0v) is 12.3. The smallest absolute Gasteiger partial charge is 0.423 e. The Morgan fingerprint density at radius 2 is 1.67 bits per heavy atom. The fraction of sp³-hybridized carbons (Fsp3) is 0.429. The molecular weight excluding hydrogens is 275 g/mol. The van der Waals surface area contributed by atoms with Crippen LogP contribution in [-0.2, 0) is 9.39 Å². The van der Waals surface area contributed by atoms with Crippen LogP contribution in [0.15, 0.2) is 18.2 Å². The zero-order chi connectivity index (χ0) is 16.0. The van der Waals surface area contributed by atoms with Gasteiger partial charge in [-0.05, 0) is 45.3 Å². The van der Waals surface area contributed by atoms with Crippen molar-refractivity contribution in [2.75, 3.05) is 0 Å². The predicted molar refractivity (Wildman–Crippen MR) is 75.3 cm³/mol. The van der Waals surface area contributed by atoms with Gasteiger partial charge in [0.2, 0.25) is 0 Å². The highest BCUT2D eigenvalue weighted by molar-refractivity contribution is 6.60. The number of carbonyl (C=O) groups is 2. The molecule has 1 aliphatic rings. The molecule has 21 heavy (non-hydrogen) atoms. The van der Waals surface area contributed by atoms with Gasteiger partial charge in [0.25, 0.3) is 0 Å². The molecule has 0 unspecified atom stereocenters. The Bertz CT molecular complexity index is 602. The summed E-state index contributed by atoms with van der Waals surface area (Å²) in [5.74, 6) is -1.44. The molecule has 7 heteroatoms. The number of rotatable bonds is 4. The lowest BCUT2D eigenvalue weighted by Crippen LogP contribution is -2.53. The van der Waals surface area contributed by atoms with E-state index in [1.54, 1.807) is 27.7 Å². The van der Waals surface area contributed by atoms with Crippen LogP contribution in [0.1, 0.15) is 48.4 Å². The first-order chi connectivity index (χ1) is 9.53. The zero-order valence-electron chi connectivity index (χ0n) is 12.3. The first-order valence-corrected chi connectivity index (χ1v) is 6.51. The van der Waals surface area contributed by atoms with E-state index in [1.165, 1.54) is 18.2 Å². The van der Waals surface area contributed by atoms with Gasteiger partial charge in [-0.3, -0.25) is 0 Å². The molecule has 2 N–H and O–H groups in total. The lowest BCUT2D eigenvalue weighted by atomic mass is 9.75. The van der Waals surface area contributed by atoms with Gasteiger partial charge >= 0.3 is 19.1 Å². The van der Waals surface area contributed by atoms with Gasteiger partial charge < -0.3 is 19.5 Å². The molecule has 0 atom stereocenters. The summed E-state index contributed by atoms with van der Waals surface area (Å²) in [6.07, 6.45) is 0. The van der Waals surface area contributed by atoms with Gasteiger partial charge in [0.15, 0.2) is 0 Å². The minimum absolute atomic E-state index is 0.0983. The molecule has 0 bridgehead atoms. The predicted octanol–water partition coefficient (Wildman–Crippen LogP) is 0.251. The van der Waals surface area contributed by atoms with E-state index in [-0.39, 0.29) is 11.1 Å². The highest BCUT2D eigenvalue weighted by Crippen LogP contribution is 2.25. The number of esters is 2. The SMILES string of the molecule is CC(C)(O)C(C)(C)OB(O)c1ccc2c(c1)C(=O)OC2=O. The number of cyclic esters (lactones) is 2. The summed E-state index contributed by atoms with van der Waals surface area (Å²) < 4.78 is 9.96. The van der Waals surface area contributed by atoms with Crippen LogP contribution in [0.3, 0.4) is 0 Å². The van der Waals surface area contributed by atoms with Crippen molar-refractivity contribution in [3.8, 4) is 0 Å². The molecular formula is C14H17BO6. The largest absolute Gasteiger partial charge is 0.491 e. The maximum Gasteiger partial charge on any atom is 0.491 e. The van der Waals surface area contributed by atoms with E-state index in [4.69, 9.17) is 4.65 Å². The normalized spacial score (nSPS) is 15.0. The van der Waals surface area contributed by atoms with Crippen molar-refractivity contribution in [1.29, 1.82) is 0 Å². The monoisotopic (exact) mass is 292 g/mol. The van der Waals surface area contributed by atoms with Gasteiger partial charge in [0.05, 0.1) is 22.3 Å². The Hall–Kier alpha value is -1.70. The Morgan fingerprint density at radius 3 is 2.24 bits per heavy atom. The van der Waals surface area contributed by atoms with Gasteiger partial charge in [0, 0.05) is 0 Å². The molecule has 0 amide bonds. The average molecular weight is 292 g/mol. The summed E-state index contributed by atoms with van der Waals surface area (Å²) in [6.45, 7) is 6.42. The third-order valence-electron chi connectivity index (χ3n) is 3.83. The molecule has 0 fully saturated rings. The van der Waals surface area contributed by atoms with E-state index in [9.17, 15) is 19.7 Å². The van der Waals surface area contributed by atoms with E-state index >= 15 is 0 Å². The van der Waals surface area contributed by atoms with Crippen LogP contribution in [0.5, 0.6) is 0 Å². The first-order valence-electron chi connectivity index (χ1n) is 6.51. The van der Waals surface area contributed by atoms with Gasteiger partial charge in [-0.1, -0.05) is 6.07 Å². The third kappa shape index (κ3) is 2.85. The molecule has 112 valence electrons. The second kappa shape index (κ2) is 4.94. The number of hydrogen-bond donors (Lipinski definition) is 2. The maximum atomic E-state index is 11.5. The number of fused-ring (bicyclic) bond motifs is 1. The van der Waals surface area contributed by atoms with E-state index < -0.39 is 30.3 Å². The van der Waals surface area contributed by atoms with E-state index in [0.29, 0.717) is 5.46 Å². The molecule has 2 rings (SSSR count). The third-order valence-corrected chi connectivity index (χ3v) is 3.83. The summed E-state index contributed by atoms with van der Waals surface area (Å²) in [5.41, 5.74) is -1.64. The van der Waals surface area contributed by atoms with Gasteiger partial charge in [0.1, 0.15) is 0 Å². The molecule has 0 spiro atoms. The second-order valence-corrected chi connectivity index (χ2v) is 6.02. The van der Waals surface area contributed by atoms with Crippen molar-refractivity contribution in [2.45, 2.75) is 38.9 Å². The lowest BCUT2D eigenvalue weighted by Gasteiger charge is -2.38. The Labute approximate surface area is 122 Å². The maximum absolute atomic E-state index is 11.5. The summed E-state index contributed by atoms with van der Waals surface area (Å²) in [7, 11) is -1.35. The Kier molecular flexibility index (Phi) is 3.69. The summed E-state index contributed by atoms with van der Waals surface area (Å²) in [6, 6.07) is 4.24. The van der Waals surface area contributed by atoms with Crippen LogP contribution in [0.2, 0.25) is 0 Å². The fourth-order valence-electron chi connectivity index (χ4n) is 1.75. The van der Waals surface area contributed by atoms with E-state index in [0.717, 1.165) is 0 Å². The summed E-state index contributed by atoms with van der Waals surface area (Å²) >= 11 is 0. The molecule has 0 radical (unpaired) electrons. The van der Waals surface area contributed by atoms with Crippen LogP contribution in [0.25, 0.3) is 0 Å². The minimum Gasteiger partial charge on any atom is -0.423 e. The van der Waals surface area contributed by atoms with Crippen molar-refractivity contribution in [2.24, 2.45) is 0 Å².